The highest BCUT2D eigenvalue weighted by Gasteiger charge is 2.54. The summed E-state index contributed by atoms with van der Waals surface area (Å²) in [5.41, 5.74) is 0.240. The summed E-state index contributed by atoms with van der Waals surface area (Å²) in [5.74, 6) is 1.57. The van der Waals surface area contributed by atoms with Gasteiger partial charge in [0.25, 0.3) is 5.91 Å². The Morgan fingerprint density at radius 1 is 1.23 bits per heavy atom. The summed E-state index contributed by atoms with van der Waals surface area (Å²) in [4.78, 5) is 39.4. The molecule has 8 heteroatoms. The number of hydrogen-bond donors (Lipinski definition) is 1. The van der Waals surface area contributed by atoms with Crippen molar-refractivity contribution in [3.8, 4) is 0 Å². The van der Waals surface area contributed by atoms with Crippen molar-refractivity contribution < 1.29 is 9.59 Å². The molecule has 1 N–H and O–H groups in total. The molecular formula is C22H27N5O2S. The molecule has 2 amide bonds. The van der Waals surface area contributed by atoms with E-state index in [0.29, 0.717) is 38.0 Å². The van der Waals surface area contributed by atoms with Crippen LogP contribution in [-0.4, -0.2) is 59.4 Å². The molecule has 2 saturated heterocycles. The van der Waals surface area contributed by atoms with Gasteiger partial charge in [-0.05, 0) is 49.1 Å². The molecule has 0 bridgehead atoms. The normalized spacial score (nSPS) is 26.2. The topological polar surface area (TPSA) is 78.4 Å². The maximum atomic E-state index is 13.5. The van der Waals surface area contributed by atoms with E-state index in [0.717, 1.165) is 24.9 Å². The van der Waals surface area contributed by atoms with E-state index in [-0.39, 0.29) is 17.7 Å². The first-order chi connectivity index (χ1) is 14.7. The van der Waals surface area contributed by atoms with Crippen molar-refractivity contribution in [1.82, 2.24) is 20.2 Å². The smallest absolute Gasteiger partial charge is 0.254 e. The average Bonchev–Trinajstić information content (AvgIpc) is 3.36. The van der Waals surface area contributed by atoms with E-state index in [1.165, 1.54) is 24.2 Å². The van der Waals surface area contributed by atoms with Gasteiger partial charge in [-0.25, -0.2) is 9.97 Å². The number of nitrogens with zero attached hydrogens (tertiary/aromatic N) is 4. The monoisotopic (exact) mass is 425 g/mol. The Balaban J connectivity index is 1.41. The number of amides is 2. The Bertz CT molecular complexity index is 902. The quantitative estimate of drug-likeness (QED) is 0.796. The van der Waals surface area contributed by atoms with Crippen LogP contribution in [0.15, 0.2) is 35.3 Å². The number of fused-ring (bicyclic) bond motifs is 1. The molecule has 2 aromatic heterocycles. The van der Waals surface area contributed by atoms with Crippen molar-refractivity contribution in [2.75, 3.05) is 37.6 Å². The second-order valence-electron chi connectivity index (χ2n) is 8.80. The summed E-state index contributed by atoms with van der Waals surface area (Å²) in [6.45, 7) is 3.36. The molecule has 0 unspecified atom stereocenters. The van der Waals surface area contributed by atoms with Crippen LogP contribution in [0.1, 0.15) is 36.0 Å². The van der Waals surface area contributed by atoms with E-state index in [1.54, 1.807) is 18.5 Å². The van der Waals surface area contributed by atoms with Crippen LogP contribution < -0.4 is 10.2 Å². The van der Waals surface area contributed by atoms with E-state index < -0.39 is 5.41 Å². The van der Waals surface area contributed by atoms with Gasteiger partial charge in [0.2, 0.25) is 11.9 Å². The van der Waals surface area contributed by atoms with Gasteiger partial charge in [-0.1, -0.05) is 0 Å². The van der Waals surface area contributed by atoms with Crippen LogP contribution >= 0.6 is 11.3 Å². The molecule has 0 radical (unpaired) electrons. The summed E-state index contributed by atoms with van der Waals surface area (Å²) < 4.78 is 0. The lowest BCUT2D eigenvalue weighted by Crippen LogP contribution is -2.48. The molecule has 7 nitrogen and oxygen atoms in total. The Morgan fingerprint density at radius 2 is 2.07 bits per heavy atom. The number of carbonyl (C=O) groups is 2. The van der Waals surface area contributed by atoms with Gasteiger partial charge in [0.15, 0.2) is 0 Å². The minimum Gasteiger partial charge on any atom is -0.355 e. The largest absolute Gasteiger partial charge is 0.355 e. The fourth-order valence-corrected chi connectivity index (χ4v) is 5.53. The average molecular weight is 426 g/mol. The van der Waals surface area contributed by atoms with Crippen molar-refractivity contribution in [3.63, 3.8) is 0 Å². The van der Waals surface area contributed by atoms with Crippen LogP contribution in [0.2, 0.25) is 0 Å². The zero-order chi connectivity index (χ0) is 20.6. The highest BCUT2D eigenvalue weighted by molar-refractivity contribution is 7.08. The highest BCUT2D eigenvalue weighted by Crippen LogP contribution is 2.44. The van der Waals surface area contributed by atoms with Crippen molar-refractivity contribution >= 4 is 29.1 Å². The van der Waals surface area contributed by atoms with Crippen LogP contribution in [0.5, 0.6) is 0 Å². The molecule has 5 rings (SSSR count). The third-order valence-corrected chi connectivity index (χ3v) is 7.46. The zero-order valence-electron chi connectivity index (χ0n) is 17.0. The van der Waals surface area contributed by atoms with E-state index in [9.17, 15) is 9.59 Å². The van der Waals surface area contributed by atoms with Crippen LogP contribution in [0.4, 0.5) is 5.95 Å². The van der Waals surface area contributed by atoms with Crippen LogP contribution in [0.25, 0.3) is 0 Å². The lowest BCUT2D eigenvalue weighted by atomic mass is 9.74. The van der Waals surface area contributed by atoms with Crippen molar-refractivity contribution in [1.29, 1.82) is 0 Å². The lowest BCUT2D eigenvalue weighted by Gasteiger charge is -2.32. The van der Waals surface area contributed by atoms with Gasteiger partial charge < -0.3 is 15.1 Å². The first-order valence-corrected chi connectivity index (χ1v) is 11.7. The molecule has 2 atom stereocenters. The number of hydrogen-bond acceptors (Lipinski definition) is 6. The maximum Gasteiger partial charge on any atom is 0.254 e. The third kappa shape index (κ3) is 3.69. The standard InChI is InChI=1S/C22H27N5O2S/c28-19(17-5-10-30-14-17)26-9-1-6-22(20(29)25-11-16-3-4-16)15-27(13-18(22)12-26)21-23-7-2-8-24-21/h2,5,7-8,10,14,16,18H,1,3-4,6,9,11-13,15H2,(H,25,29)/t18-,22-/m0/s1. The minimum absolute atomic E-state index is 0.0607. The minimum atomic E-state index is -0.502. The lowest BCUT2D eigenvalue weighted by molar-refractivity contribution is -0.132. The first kappa shape index (κ1) is 19.5. The van der Waals surface area contributed by atoms with Gasteiger partial charge in [-0.3, -0.25) is 9.59 Å². The molecular weight excluding hydrogens is 398 g/mol. The number of anilines is 1. The number of rotatable bonds is 5. The van der Waals surface area contributed by atoms with Gasteiger partial charge in [-0.15, -0.1) is 0 Å². The molecule has 2 aliphatic heterocycles. The number of likely N-dealkylation sites (tertiary alicyclic amines) is 1. The Morgan fingerprint density at radius 3 is 2.80 bits per heavy atom. The third-order valence-electron chi connectivity index (χ3n) is 6.78. The molecule has 158 valence electrons. The Labute approximate surface area is 180 Å². The Kier molecular flexibility index (Phi) is 5.18. The van der Waals surface area contributed by atoms with Crippen LogP contribution in [0, 0.1) is 17.3 Å². The predicted molar refractivity (Wildman–Crippen MR) is 115 cm³/mol. The van der Waals surface area contributed by atoms with Gasteiger partial charge in [0, 0.05) is 56.4 Å². The summed E-state index contributed by atoms with van der Waals surface area (Å²) >= 11 is 1.54. The first-order valence-electron chi connectivity index (χ1n) is 10.8. The fourth-order valence-electron chi connectivity index (χ4n) is 4.90. The van der Waals surface area contributed by atoms with Crippen LogP contribution in [-0.2, 0) is 4.79 Å². The van der Waals surface area contributed by atoms with E-state index in [2.05, 4.69) is 20.2 Å². The molecule has 4 heterocycles. The van der Waals surface area contributed by atoms with Gasteiger partial charge >= 0.3 is 0 Å². The molecule has 1 saturated carbocycles. The fraction of sp³-hybridized carbons (Fsp3) is 0.545. The molecule has 0 aromatic carbocycles. The maximum absolute atomic E-state index is 13.5. The summed E-state index contributed by atoms with van der Waals surface area (Å²) in [5, 5.41) is 7.08. The van der Waals surface area contributed by atoms with E-state index in [4.69, 9.17) is 0 Å². The summed E-state index contributed by atoms with van der Waals surface area (Å²) in [7, 11) is 0. The van der Waals surface area contributed by atoms with E-state index >= 15 is 0 Å². The van der Waals surface area contributed by atoms with Crippen LogP contribution in [0.3, 0.4) is 0 Å². The number of nitrogens with one attached hydrogen (secondary N) is 1. The SMILES string of the molecule is O=C(c1ccsc1)N1CCC[C@]2(C(=O)NCC3CC3)CN(c3ncccn3)C[C@@H]2C1. The number of carbonyl (C=O) groups excluding carboxylic acids is 2. The summed E-state index contributed by atoms with van der Waals surface area (Å²) in [6.07, 6.45) is 7.51. The van der Waals surface area contributed by atoms with E-state index in [1.807, 2.05) is 21.7 Å². The predicted octanol–water partition coefficient (Wildman–Crippen LogP) is 2.42. The molecule has 1 aliphatic carbocycles. The molecule has 0 spiro atoms. The molecule has 30 heavy (non-hydrogen) atoms. The number of aromatic nitrogens is 2. The number of thiophene rings is 1. The van der Waals surface area contributed by atoms with Crippen molar-refractivity contribution in [2.24, 2.45) is 17.3 Å². The second-order valence-corrected chi connectivity index (χ2v) is 9.58. The summed E-state index contributed by atoms with van der Waals surface area (Å²) in [6, 6.07) is 3.68. The van der Waals surface area contributed by atoms with Crippen molar-refractivity contribution in [2.45, 2.75) is 25.7 Å². The second kappa shape index (κ2) is 7.98. The Hall–Kier alpha value is -2.48. The van der Waals surface area contributed by atoms with Gasteiger partial charge in [0.1, 0.15) is 0 Å². The molecule has 3 fully saturated rings. The van der Waals surface area contributed by atoms with Crippen molar-refractivity contribution in [3.05, 3.63) is 40.8 Å². The van der Waals surface area contributed by atoms with Gasteiger partial charge in [0.05, 0.1) is 11.0 Å². The highest BCUT2D eigenvalue weighted by atomic mass is 32.1. The zero-order valence-corrected chi connectivity index (χ0v) is 17.8. The molecule has 3 aliphatic rings. The molecule has 2 aromatic rings. The van der Waals surface area contributed by atoms with Gasteiger partial charge in [-0.2, -0.15) is 11.3 Å².